The lowest BCUT2D eigenvalue weighted by molar-refractivity contribution is -0.0979. The Morgan fingerprint density at radius 3 is 2.73 bits per heavy atom. The summed E-state index contributed by atoms with van der Waals surface area (Å²) in [6.07, 6.45) is -2.49. The lowest BCUT2D eigenvalue weighted by Crippen LogP contribution is -2.48. The second-order valence-corrected chi connectivity index (χ2v) is 5.12. The van der Waals surface area contributed by atoms with Crippen molar-refractivity contribution in [1.82, 2.24) is 10.7 Å². The Labute approximate surface area is 127 Å². The number of nitrogens with zero attached hydrogens (tertiary/aromatic N) is 1. The van der Waals surface area contributed by atoms with Gasteiger partial charge in [0, 0.05) is 18.2 Å². The van der Waals surface area contributed by atoms with Crippen molar-refractivity contribution in [2.75, 3.05) is 11.7 Å². The van der Waals surface area contributed by atoms with Crippen molar-refractivity contribution in [3.63, 3.8) is 0 Å². The zero-order valence-corrected chi connectivity index (χ0v) is 12.4. The first-order valence-electron chi connectivity index (χ1n) is 7.02. The van der Waals surface area contributed by atoms with E-state index in [2.05, 4.69) is 10.7 Å². The van der Waals surface area contributed by atoms with Gasteiger partial charge in [0.15, 0.2) is 5.78 Å². The predicted molar refractivity (Wildman–Crippen MR) is 78.2 cm³/mol. The van der Waals surface area contributed by atoms with Crippen LogP contribution in [-0.4, -0.2) is 18.6 Å². The van der Waals surface area contributed by atoms with Gasteiger partial charge in [0.25, 0.3) is 0 Å². The minimum atomic E-state index is -4.46. The minimum absolute atomic E-state index is 0.0688. The number of allylic oxidation sites excluding steroid dienone is 1. The van der Waals surface area contributed by atoms with E-state index in [1.165, 1.54) is 5.01 Å². The Balaban J connectivity index is 2.42. The van der Waals surface area contributed by atoms with Crippen molar-refractivity contribution in [2.24, 2.45) is 0 Å². The molecule has 7 heteroatoms. The van der Waals surface area contributed by atoms with Gasteiger partial charge in [0.2, 0.25) is 0 Å². The largest absolute Gasteiger partial charge is 0.432 e. The van der Waals surface area contributed by atoms with Crippen molar-refractivity contribution < 1.29 is 18.0 Å². The van der Waals surface area contributed by atoms with Crippen molar-refractivity contribution >= 4 is 11.5 Å². The van der Waals surface area contributed by atoms with Gasteiger partial charge in [-0.1, -0.05) is 18.6 Å². The Hall–Kier alpha value is -2.02. The van der Waals surface area contributed by atoms with Crippen LogP contribution in [0.25, 0.3) is 0 Å². The molecule has 1 aliphatic heterocycles. The summed E-state index contributed by atoms with van der Waals surface area (Å²) in [4.78, 5) is 12.2. The average Bonchev–Trinajstić information content (AvgIpc) is 2.46. The maximum absolute atomic E-state index is 12.8. The Morgan fingerprint density at radius 1 is 1.36 bits per heavy atom. The number of carbonyl (C=O) groups excluding carboxylic acids is 1. The first-order valence-corrected chi connectivity index (χ1v) is 7.02. The molecule has 2 rings (SSSR count). The van der Waals surface area contributed by atoms with E-state index in [-0.39, 0.29) is 12.5 Å². The monoisotopic (exact) mass is 313 g/mol. The molecular weight excluding hydrogens is 295 g/mol. The summed E-state index contributed by atoms with van der Waals surface area (Å²) in [5.74, 6) is -0.0801. The van der Waals surface area contributed by atoms with Gasteiger partial charge in [-0.15, -0.1) is 0 Å². The number of alkyl halides is 3. The third-order valence-corrected chi connectivity index (χ3v) is 3.28. The van der Waals surface area contributed by atoms with Crippen LogP contribution >= 0.6 is 0 Å². The van der Waals surface area contributed by atoms with E-state index in [0.717, 1.165) is 11.8 Å². The minimum Gasteiger partial charge on any atom is -0.366 e. The van der Waals surface area contributed by atoms with E-state index >= 15 is 0 Å². The second kappa shape index (κ2) is 6.39. The van der Waals surface area contributed by atoms with Crippen LogP contribution in [-0.2, 0) is 0 Å². The molecule has 0 bridgehead atoms. The van der Waals surface area contributed by atoms with E-state index in [0.29, 0.717) is 24.1 Å². The molecule has 0 fully saturated rings. The summed E-state index contributed by atoms with van der Waals surface area (Å²) in [6, 6.07) is 5.13. The molecule has 22 heavy (non-hydrogen) atoms. The second-order valence-electron chi connectivity index (χ2n) is 5.12. The molecule has 120 valence electrons. The Morgan fingerprint density at radius 2 is 2.09 bits per heavy atom. The van der Waals surface area contributed by atoms with E-state index in [9.17, 15) is 18.0 Å². The number of carbonyl (C=O) groups is 1. The lowest BCUT2D eigenvalue weighted by Gasteiger charge is -2.30. The number of ketones is 1. The van der Waals surface area contributed by atoms with Gasteiger partial charge < -0.3 is 5.32 Å². The van der Waals surface area contributed by atoms with Crippen LogP contribution in [0, 0.1) is 6.92 Å². The molecule has 0 radical (unpaired) electrons. The van der Waals surface area contributed by atoms with E-state index in [1.807, 2.05) is 13.8 Å². The molecule has 1 aromatic carbocycles. The van der Waals surface area contributed by atoms with Gasteiger partial charge >= 0.3 is 6.18 Å². The molecular formula is C15H18F3N3O. The zero-order chi connectivity index (χ0) is 16.3. The molecule has 0 saturated carbocycles. The molecule has 0 aliphatic carbocycles. The number of benzene rings is 1. The van der Waals surface area contributed by atoms with Gasteiger partial charge in [-0.3, -0.25) is 9.80 Å². The van der Waals surface area contributed by atoms with Crippen LogP contribution in [0.5, 0.6) is 0 Å². The average molecular weight is 313 g/mol. The molecule has 1 aliphatic rings. The van der Waals surface area contributed by atoms with Gasteiger partial charge in [0.05, 0.1) is 12.4 Å². The van der Waals surface area contributed by atoms with Crippen LogP contribution in [0.2, 0.25) is 0 Å². The van der Waals surface area contributed by atoms with E-state index in [4.69, 9.17) is 0 Å². The fourth-order valence-corrected chi connectivity index (χ4v) is 2.21. The molecule has 0 aromatic heterocycles. The van der Waals surface area contributed by atoms with Crippen molar-refractivity contribution in [3.05, 3.63) is 41.2 Å². The number of Topliss-reactive ketones (excluding diaryl/α,β-unsaturated/α-hetero) is 1. The number of hydrazine groups is 1. The number of hydrogen-bond acceptors (Lipinski definition) is 4. The van der Waals surface area contributed by atoms with Gasteiger partial charge in [-0.25, -0.2) is 5.43 Å². The van der Waals surface area contributed by atoms with E-state index < -0.39 is 11.9 Å². The normalized spacial score (nSPS) is 15.3. The number of aryl methyl sites for hydroxylation is 1. The third-order valence-electron chi connectivity index (χ3n) is 3.28. The number of halogens is 3. The summed E-state index contributed by atoms with van der Waals surface area (Å²) in [5.41, 5.74) is 3.68. The van der Waals surface area contributed by atoms with Crippen LogP contribution < -0.4 is 15.8 Å². The molecule has 0 spiro atoms. The zero-order valence-electron chi connectivity index (χ0n) is 12.4. The number of anilines is 1. The van der Waals surface area contributed by atoms with Crippen LogP contribution in [0.4, 0.5) is 18.9 Å². The lowest BCUT2D eigenvalue weighted by atomic mass is 10.0. The highest BCUT2D eigenvalue weighted by molar-refractivity contribution is 6.01. The van der Waals surface area contributed by atoms with Gasteiger partial charge in [-0.2, -0.15) is 13.2 Å². The molecule has 2 N–H and O–H groups in total. The van der Waals surface area contributed by atoms with Crippen molar-refractivity contribution in [3.8, 4) is 0 Å². The Bertz CT molecular complexity index is 596. The van der Waals surface area contributed by atoms with Gasteiger partial charge in [0.1, 0.15) is 5.70 Å². The van der Waals surface area contributed by atoms with Crippen molar-refractivity contribution in [1.29, 1.82) is 0 Å². The molecule has 0 unspecified atom stereocenters. The summed E-state index contributed by atoms with van der Waals surface area (Å²) >= 11 is 0. The summed E-state index contributed by atoms with van der Waals surface area (Å²) in [6.45, 7) is 3.66. The first kappa shape index (κ1) is 16.4. The summed E-state index contributed by atoms with van der Waals surface area (Å²) < 4.78 is 38.5. The standard InChI is InChI=1S/C15H18F3N3O/c1-3-4-13(22)11-7-10(2)5-6-12(11)21-8-14(15(16,17)18)19-9-20-21/h5-8,19-20H,3-4,9H2,1-2H3. The van der Waals surface area contributed by atoms with Crippen molar-refractivity contribution in [2.45, 2.75) is 32.9 Å². The molecule has 1 aromatic rings. The molecule has 0 saturated heterocycles. The first-order chi connectivity index (χ1) is 10.3. The molecule has 0 atom stereocenters. The number of nitrogens with one attached hydrogen (secondary N) is 2. The van der Waals surface area contributed by atoms with E-state index in [1.54, 1.807) is 18.2 Å². The molecule has 1 heterocycles. The van der Waals surface area contributed by atoms with Crippen LogP contribution in [0.3, 0.4) is 0 Å². The third kappa shape index (κ3) is 3.59. The molecule has 4 nitrogen and oxygen atoms in total. The fourth-order valence-electron chi connectivity index (χ4n) is 2.21. The smallest absolute Gasteiger partial charge is 0.366 e. The highest BCUT2D eigenvalue weighted by Crippen LogP contribution is 2.28. The highest BCUT2D eigenvalue weighted by atomic mass is 19.4. The maximum atomic E-state index is 12.8. The van der Waals surface area contributed by atoms with Crippen LogP contribution in [0.1, 0.15) is 35.7 Å². The maximum Gasteiger partial charge on any atom is 0.432 e. The van der Waals surface area contributed by atoms with Gasteiger partial charge in [-0.05, 0) is 25.5 Å². The highest BCUT2D eigenvalue weighted by Gasteiger charge is 2.36. The summed E-state index contributed by atoms with van der Waals surface area (Å²) in [5, 5.41) is 3.49. The summed E-state index contributed by atoms with van der Waals surface area (Å²) in [7, 11) is 0. The quantitative estimate of drug-likeness (QED) is 0.838. The SMILES string of the molecule is CCCC(=O)c1cc(C)ccc1N1C=C(C(F)(F)F)NCN1. The number of rotatable bonds is 4. The topological polar surface area (TPSA) is 44.4 Å². The fraction of sp³-hybridized carbons (Fsp3) is 0.400. The Kier molecular flexibility index (Phi) is 4.75. The van der Waals surface area contributed by atoms with Crippen LogP contribution in [0.15, 0.2) is 30.1 Å². The predicted octanol–water partition coefficient (Wildman–Crippen LogP) is 3.25. The molecule has 0 amide bonds. The number of hydrogen-bond donors (Lipinski definition) is 2.